The third-order valence-corrected chi connectivity index (χ3v) is 4.14. The first-order valence-electron chi connectivity index (χ1n) is 7.59. The van der Waals surface area contributed by atoms with Crippen molar-refractivity contribution in [2.45, 2.75) is 12.5 Å². The van der Waals surface area contributed by atoms with Gasteiger partial charge in [-0.3, -0.25) is 4.79 Å². The van der Waals surface area contributed by atoms with Crippen LogP contribution in [-0.4, -0.2) is 56.1 Å². The van der Waals surface area contributed by atoms with Gasteiger partial charge in [-0.05, 0) is 23.8 Å². The van der Waals surface area contributed by atoms with Gasteiger partial charge in [0, 0.05) is 23.6 Å². The molecule has 2 aromatic heterocycles. The average molecular weight is 330 g/mol. The van der Waals surface area contributed by atoms with Crippen LogP contribution in [0.25, 0.3) is 10.9 Å². The first kappa shape index (κ1) is 14.8. The summed E-state index contributed by atoms with van der Waals surface area (Å²) in [5.41, 5.74) is 1.59. The van der Waals surface area contributed by atoms with Crippen molar-refractivity contribution in [3.63, 3.8) is 0 Å². The summed E-state index contributed by atoms with van der Waals surface area (Å²) in [5, 5.41) is 14.4. The maximum atomic E-state index is 13.4. The van der Waals surface area contributed by atoms with Crippen molar-refractivity contribution in [2.24, 2.45) is 0 Å². The second kappa shape index (κ2) is 6.00. The van der Waals surface area contributed by atoms with Crippen LogP contribution in [-0.2, 0) is 16.0 Å². The van der Waals surface area contributed by atoms with Gasteiger partial charge in [-0.25, -0.2) is 4.39 Å². The fraction of sp³-hybridized carbons (Fsp3) is 0.333. The van der Waals surface area contributed by atoms with Gasteiger partial charge in [0.2, 0.25) is 11.7 Å². The molecule has 0 aliphatic carbocycles. The molecule has 1 fully saturated rings. The lowest BCUT2D eigenvalue weighted by molar-refractivity contribution is -0.138. The van der Waals surface area contributed by atoms with Gasteiger partial charge in [0.1, 0.15) is 11.9 Å². The first-order valence-corrected chi connectivity index (χ1v) is 7.59. The number of rotatable bonds is 3. The molecule has 0 spiro atoms. The molecular weight excluding hydrogens is 315 g/mol. The van der Waals surface area contributed by atoms with E-state index in [0.29, 0.717) is 25.5 Å². The largest absolute Gasteiger partial charge is 0.366 e. The van der Waals surface area contributed by atoms with Gasteiger partial charge in [0.15, 0.2) is 0 Å². The zero-order valence-electron chi connectivity index (χ0n) is 12.7. The predicted octanol–water partition coefficient (Wildman–Crippen LogP) is 0.963. The number of halogens is 1. The van der Waals surface area contributed by atoms with E-state index in [1.54, 1.807) is 17.2 Å². The quantitative estimate of drug-likeness (QED) is 0.745. The van der Waals surface area contributed by atoms with Crippen LogP contribution in [0.1, 0.15) is 17.5 Å². The number of tetrazole rings is 1. The SMILES string of the molecule is O=C(Cc1c[nH]c2ccc(F)cc12)N1CCOC(c2nn[nH]n2)C1. The lowest BCUT2D eigenvalue weighted by atomic mass is 10.1. The highest BCUT2D eigenvalue weighted by Crippen LogP contribution is 2.22. The number of morpholine rings is 1. The van der Waals surface area contributed by atoms with Crippen molar-refractivity contribution in [1.29, 1.82) is 0 Å². The Labute approximate surface area is 136 Å². The van der Waals surface area contributed by atoms with E-state index in [9.17, 15) is 9.18 Å². The normalized spacial score (nSPS) is 18.2. The number of H-pyrrole nitrogens is 2. The number of carbonyl (C=O) groups is 1. The molecule has 0 saturated carbocycles. The Morgan fingerprint density at radius 3 is 3.21 bits per heavy atom. The van der Waals surface area contributed by atoms with Crippen molar-refractivity contribution in [3.05, 3.63) is 41.6 Å². The summed E-state index contributed by atoms with van der Waals surface area (Å²) in [5.74, 6) is 0.0676. The molecule has 3 aromatic rings. The molecule has 2 N–H and O–H groups in total. The summed E-state index contributed by atoms with van der Waals surface area (Å²) in [7, 11) is 0. The van der Waals surface area contributed by atoms with E-state index in [2.05, 4.69) is 25.6 Å². The number of nitrogens with zero attached hydrogens (tertiary/aromatic N) is 4. The zero-order chi connectivity index (χ0) is 16.5. The molecule has 0 bridgehead atoms. The summed E-state index contributed by atoms with van der Waals surface area (Å²) in [6.45, 7) is 1.28. The van der Waals surface area contributed by atoms with Crippen LogP contribution in [0.2, 0.25) is 0 Å². The van der Waals surface area contributed by atoms with E-state index < -0.39 is 0 Å². The molecule has 9 heteroatoms. The molecule has 3 heterocycles. The summed E-state index contributed by atoms with van der Waals surface area (Å²) in [6, 6.07) is 4.50. The molecule has 1 aliphatic rings. The molecule has 24 heavy (non-hydrogen) atoms. The molecule has 1 saturated heterocycles. The Kier molecular flexibility index (Phi) is 3.69. The van der Waals surface area contributed by atoms with Gasteiger partial charge < -0.3 is 14.6 Å². The fourth-order valence-corrected chi connectivity index (χ4v) is 2.91. The minimum absolute atomic E-state index is 0.0445. The van der Waals surface area contributed by atoms with Gasteiger partial charge in [0.05, 0.1) is 19.6 Å². The Morgan fingerprint density at radius 2 is 2.38 bits per heavy atom. The number of hydrogen-bond donors (Lipinski definition) is 2. The maximum absolute atomic E-state index is 13.4. The van der Waals surface area contributed by atoms with Crippen LogP contribution in [0.5, 0.6) is 0 Å². The molecule has 8 nitrogen and oxygen atoms in total. The first-order chi connectivity index (χ1) is 11.7. The molecule has 124 valence electrons. The molecular formula is C15H15FN6O2. The average Bonchev–Trinajstić information content (AvgIpc) is 3.25. The molecule has 4 rings (SSSR count). The summed E-state index contributed by atoms with van der Waals surface area (Å²) >= 11 is 0. The smallest absolute Gasteiger partial charge is 0.227 e. The Morgan fingerprint density at radius 1 is 1.46 bits per heavy atom. The van der Waals surface area contributed by atoms with Crippen molar-refractivity contribution >= 4 is 16.8 Å². The highest BCUT2D eigenvalue weighted by Gasteiger charge is 2.28. The molecule has 1 aromatic carbocycles. The Bertz CT molecular complexity index is 862. The standard InChI is InChI=1S/C15H15FN6O2/c16-10-1-2-12-11(6-10)9(7-17-12)5-14(23)22-3-4-24-13(8-22)15-18-20-21-19-15/h1-2,6-7,13,17H,3-5,8H2,(H,18,19,20,21). The number of benzene rings is 1. The van der Waals surface area contributed by atoms with E-state index in [0.717, 1.165) is 16.5 Å². The molecule has 1 unspecified atom stereocenters. The number of carbonyl (C=O) groups excluding carboxylic acids is 1. The van der Waals surface area contributed by atoms with E-state index in [1.165, 1.54) is 12.1 Å². The van der Waals surface area contributed by atoms with Gasteiger partial charge >= 0.3 is 0 Å². The second-order valence-corrected chi connectivity index (χ2v) is 5.65. The van der Waals surface area contributed by atoms with Gasteiger partial charge in [-0.1, -0.05) is 5.21 Å². The van der Waals surface area contributed by atoms with E-state index >= 15 is 0 Å². The topological polar surface area (TPSA) is 99.8 Å². The lowest BCUT2D eigenvalue weighted by Crippen LogP contribution is -2.43. The third-order valence-electron chi connectivity index (χ3n) is 4.14. The second-order valence-electron chi connectivity index (χ2n) is 5.65. The number of aromatic nitrogens is 5. The summed E-state index contributed by atoms with van der Waals surface area (Å²) in [4.78, 5) is 17.4. The van der Waals surface area contributed by atoms with E-state index in [4.69, 9.17) is 4.74 Å². The zero-order valence-corrected chi connectivity index (χ0v) is 12.7. The van der Waals surface area contributed by atoms with Crippen LogP contribution < -0.4 is 0 Å². The Hall–Kier alpha value is -2.81. The Balaban J connectivity index is 1.50. The highest BCUT2D eigenvalue weighted by molar-refractivity contribution is 5.89. The lowest BCUT2D eigenvalue weighted by Gasteiger charge is -2.31. The molecule has 1 aliphatic heterocycles. The fourth-order valence-electron chi connectivity index (χ4n) is 2.91. The van der Waals surface area contributed by atoms with Crippen LogP contribution in [0.15, 0.2) is 24.4 Å². The number of ether oxygens (including phenoxy) is 1. The number of nitrogens with one attached hydrogen (secondary N) is 2. The number of hydrogen-bond acceptors (Lipinski definition) is 5. The number of aromatic amines is 2. The number of amides is 1. The minimum Gasteiger partial charge on any atom is -0.366 e. The maximum Gasteiger partial charge on any atom is 0.227 e. The van der Waals surface area contributed by atoms with Gasteiger partial charge in [-0.2, -0.15) is 5.21 Å². The summed E-state index contributed by atoms with van der Waals surface area (Å²) in [6.07, 6.45) is 1.56. The molecule has 0 radical (unpaired) electrons. The highest BCUT2D eigenvalue weighted by atomic mass is 19.1. The van der Waals surface area contributed by atoms with Gasteiger partial charge in [-0.15, -0.1) is 10.2 Å². The van der Waals surface area contributed by atoms with Crippen LogP contribution in [0, 0.1) is 5.82 Å². The van der Waals surface area contributed by atoms with E-state index in [-0.39, 0.29) is 24.2 Å². The van der Waals surface area contributed by atoms with E-state index in [1.807, 2.05) is 0 Å². The van der Waals surface area contributed by atoms with Crippen LogP contribution in [0.4, 0.5) is 4.39 Å². The monoisotopic (exact) mass is 330 g/mol. The van der Waals surface area contributed by atoms with Crippen LogP contribution in [0.3, 0.4) is 0 Å². The predicted molar refractivity (Wildman–Crippen MR) is 81.4 cm³/mol. The van der Waals surface area contributed by atoms with Crippen molar-refractivity contribution in [1.82, 2.24) is 30.5 Å². The van der Waals surface area contributed by atoms with Crippen molar-refractivity contribution in [2.75, 3.05) is 19.7 Å². The van der Waals surface area contributed by atoms with Crippen LogP contribution >= 0.6 is 0 Å². The number of fused-ring (bicyclic) bond motifs is 1. The molecule has 1 atom stereocenters. The van der Waals surface area contributed by atoms with Gasteiger partial charge in [0.25, 0.3) is 0 Å². The minimum atomic E-state index is -0.387. The molecule has 1 amide bonds. The third kappa shape index (κ3) is 2.73. The summed E-state index contributed by atoms with van der Waals surface area (Å²) < 4.78 is 19.0. The van der Waals surface area contributed by atoms with Crippen molar-refractivity contribution < 1.29 is 13.9 Å². The van der Waals surface area contributed by atoms with Crippen molar-refractivity contribution in [3.8, 4) is 0 Å².